The van der Waals surface area contributed by atoms with Gasteiger partial charge in [-0.3, -0.25) is 0 Å². The fraction of sp³-hybridized carbons (Fsp3) is 0.474. The zero-order chi connectivity index (χ0) is 14.7. The molecule has 4 atom stereocenters. The van der Waals surface area contributed by atoms with Crippen LogP contribution in [0.3, 0.4) is 0 Å². The van der Waals surface area contributed by atoms with Crippen molar-refractivity contribution in [3.63, 3.8) is 0 Å². The van der Waals surface area contributed by atoms with E-state index in [4.69, 9.17) is 4.74 Å². The summed E-state index contributed by atoms with van der Waals surface area (Å²) >= 11 is 0. The van der Waals surface area contributed by atoms with Crippen LogP contribution in [0.15, 0.2) is 61.4 Å². The van der Waals surface area contributed by atoms with Gasteiger partial charge < -0.3 is 9.64 Å². The van der Waals surface area contributed by atoms with Crippen LogP contribution in [0.25, 0.3) is 0 Å². The summed E-state index contributed by atoms with van der Waals surface area (Å²) < 4.78 is 6.06. The van der Waals surface area contributed by atoms with Gasteiger partial charge in [0, 0.05) is 24.7 Å². The van der Waals surface area contributed by atoms with Crippen LogP contribution in [0, 0.1) is 17.8 Å². The van der Waals surface area contributed by atoms with Crippen molar-refractivity contribution in [3.05, 3.63) is 61.4 Å². The molecule has 0 aromatic rings. The summed E-state index contributed by atoms with van der Waals surface area (Å²) in [5, 5.41) is 0. The van der Waals surface area contributed by atoms with Gasteiger partial charge in [-0.25, -0.2) is 0 Å². The third-order valence-electron chi connectivity index (χ3n) is 4.85. The van der Waals surface area contributed by atoms with Crippen LogP contribution in [-0.4, -0.2) is 30.7 Å². The van der Waals surface area contributed by atoms with Gasteiger partial charge in [-0.2, -0.15) is 0 Å². The van der Waals surface area contributed by atoms with Gasteiger partial charge in [-0.1, -0.05) is 36.5 Å². The molecule has 1 aliphatic heterocycles. The van der Waals surface area contributed by atoms with Gasteiger partial charge in [0.2, 0.25) is 0 Å². The first kappa shape index (κ1) is 14.4. The van der Waals surface area contributed by atoms with Crippen LogP contribution in [-0.2, 0) is 4.74 Å². The Kier molecular flexibility index (Phi) is 4.45. The molecule has 2 aliphatic carbocycles. The number of rotatable bonds is 5. The van der Waals surface area contributed by atoms with E-state index < -0.39 is 0 Å². The molecule has 0 N–H and O–H groups in total. The number of fused-ring (bicyclic) bond motifs is 3. The van der Waals surface area contributed by atoms with E-state index in [0.717, 1.165) is 32.5 Å². The summed E-state index contributed by atoms with van der Waals surface area (Å²) in [7, 11) is 0. The Bertz CT molecular complexity index is 478. The molecule has 0 bridgehead atoms. The van der Waals surface area contributed by atoms with E-state index in [1.54, 1.807) is 0 Å². The molecule has 0 amide bonds. The molecule has 3 aliphatic rings. The Labute approximate surface area is 128 Å². The number of hydrogen-bond donors (Lipinski definition) is 0. The highest BCUT2D eigenvalue weighted by Crippen LogP contribution is 2.41. The number of ether oxygens (including phenoxy) is 1. The van der Waals surface area contributed by atoms with Gasteiger partial charge in [0.15, 0.2) is 0 Å². The summed E-state index contributed by atoms with van der Waals surface area (Å²) in [6.07, 6.45) is 18.2. The second kappa shape index (κ2) is 6.48. The lowest BCUT2D eigenvalue weighted by Gasteiger charge is -2.44. The maximum Gasteiger partial charge on any atom is 0.0646 e. The minimum atomic E-state index is 0.410. The zero-order valence-corrected chi connectivity index (χ0v) is 12.7. The molecule has 0 saturated carbocycles. The van der Waals surface area contributed by atoms with Gasteiger partial charge in [-0.05, 0) is 30.8 Å². The van der Waals surface area contributed by atoms with Crippen LogP contribution >= 0.6 is 0 Å². The van der Waals surface area contributed by atoms with E-state index in [2.05, 4.69) is 48.4 Å². The highest BCUT2D eigenvalue weighted by molar-refractivity contribution is 5.28. The first-order chi connectivity index (χ1) is 10.3. The Morgan fingerprint density at radius 3 is 2.71 bits per heavy atom. The van der Waals surface area contributed by atoms with Crippen LogP contribution in [0.4, 0.5) is 0 Å². The van der Waals surface area contributed by atoms with Crippen LogP contribution in [0.5, 0.6) is 0 Å². The van der Waals surface area contributed by atoms with Gasteiger partial charge in [0.25, 0.3) is 0 Å². The number of allylic oxidation sites excluding steroid dienone is 3. The molecule has 0 radical (unpaired) electrons. The molecule has 0 spiro atoms. The van der Waals surface area contributed by atoms with Crippen LogP contribution < -0.4 is 0 Å². The van der Waals surface area contributed by atoms with Gasteiger partial charge in [-0.15, -0.1) is 13.2 Å². The van der Waals surface area contributed by atoms with Crippen molar-refractivity contribution in [1.29, 1.82) is 0 Å². The molecule has 21 heavy (non-hydrogen) atoms. The summed E-state index contributed by atoms with van der Waals surface area (Å²) in [5.74, 6) is 1.77. The van der Waals surface area contributed by atoms with Gasteiger partial charge >= 0.3 is 0 Å². The first-order valence-electron chi connectivity index (χ1n) is 7.97. The molecule has 0 aromatic carbocycles. The quantitative estimate of drug-likeness (QED) is 0.713. The SMILES string of the molecule is C=CCN(CC=C)C1=CC2C(C=C1)COC1CC=CCC12. The van der Waals surface area contributed by atoms with Crippen molar-refractivity contribution in [2.75, 3.05) is 19.7 Å². The topological polar surface area (TPSA) is 12.5 Å². The summed E-state index contributed by atoms with van der Waals surface area (Å²) in [5.41, 5.74) is 1.31. The molecule has 1 heterocycles. The zero-order valence-electron chi connectivity index (χ0n) is 12.7. The van der Waals surface area contributed by atoms with Crippen molar-refractivity contribution < 1.29 is 4.74 Å². The van der Waals surface area contributed by atoms with Crippen molar-refractivity contribution in [3.8, 4) is 0 Å². The molecule has 1 fully saturated rings. The lowest BCUT2D eigenvalue weighted by molar-refractivity contribution is -0.0683. The van der Waals surface area contributed by atoms with Gasteiger partial charge in [0.1, 0.15) is 0 Å². The molecule has 0 aromatic heterocycles. The molecular formula is C19H25NO. The molecule has 2 nitrogen and oxygen atoms in total. The van der Waals surface area contributed by atoms with Crippen molar-refractivity contribution >= 4 is 0 Å². The summed E-state index contributed by atoms with van der Waals surface area (Å²) in [4.78, 5) is 2.33. The number of nitrogens with zero attached hydrogens (tertiary/aromatic N) is 1. The molecule has 2 heteroatoms. The van der Waals surface area contributed by atoms with Crippen molar-refractivity contribution in [1.82, 2.24) is 4.90 Å². The Balaban J connectivity index is 1.82. The second-order valence-corrected chi connectivity index (χ2v) is 6.15. The predicted molar refractivity (Wildman–Crippen MR) is 87.8 cm³/mol. The van der Waals surface area contributed by atoms with E-state index in [0.29, 0.717) is 23.9 Å². The van der Waals surface area contributed by atoms with E-state index >= 15 is 0 Å². The summed E-state index contributed by atoms with van der Waals surface area (Å²) in [6, 6.07) is 0. The maximum absolute atomic E-state index is 6.06. The van der Waals surface area contributed by atoms with Crippen molar-refractivity contribution in [2.45, 2.75) is 18.9 Å². The van der Waals surface area contributed by atoms with Gasteiger partial charge in [0.05, 0.1) is 12.7 Å². The average molecular weight is 283 g/mol. The Hall–Kier alpha value is -1.54. The largest absolute Gasteiger partial charge is 0.377 e. The molecule has 4 unspecified atom stereocenters. The van der Waals surface area contributed by atoms with E-state index in [1.807, 2.05) is 12.2 Å². The fourth-order valence-corrected chi connectivity index (χ4v) is 3.78. The third-order valence-corrected chi connectivity index (χ3v) is 4.85. The van der Waals surface area contributed by atoms with Crippen LogP contribution in [0.2, 0.25) is 0 Å². The lowest BCUT2D eigenvalue weighted by atomic mass is 9.70. The standard InChI is InChI=1S/C19H25NO/c1-3-11-20(12-4-2)16-10-9-15-14-21-19-8-6-5-7-17(19)18(15)13-16/h3-6,9-10,13,15,17-19H,1-2,7-8,11-12,14H2. The monoisotopic (exact) mass is 283 g/mol. The van der Waals surface area contributed by atoms with Crippen molar-refractivity contribution in [2.24, 2.45) is 17.8 Å². The number of hydrogen-bond acceptors (Lipinski definition) is 2. The fourth-order valence-electron chi connectivity index (χ4n) is 3.78. The Morgan fingerprint density at radius 1 is 1.19 bits per heavy atom. The summed E-state index contributed by atoms with van der Waals surface area (Å²) in [6.45, 7) is 10.3. The Morgan fingerprint density at radius 2 is 1.95 bits per heavy atom. The van der Waals surface area contributed by atoms with Crippen LogP contribution in [0.1, 0.15) is 12.8 Å². The minimum Gasteiger partial charge on any atom is -0.377 e. The second-order valence-electron chi connectivity index (χ2n) is 6.15. The molecule has 1 saturated heterocycles. The van der Waals surface area contributed by atoms with E-state index in [9.17, 15) is 0 Å². The molecular weight excluding hydrogens is 258 g/mol. The minimum absolute atomic E-state index is 0.410. The smallest absolute Gasteiger partial charge is 0.0646 e. The molecule has 112 valence electrons. The van der Waals surface area contributed by atoms with E-state index in [-0.39, 0.29) is 0 Å². The third kappa shape index (κ3) is 2.91. The maximum atomic E-state index is 6.06. The van der Waals surface area contributed by atoms with E-state index in [1.165, 1.54) is 5.70 Å². The molecule has 3 rings (SSSR count). The normalized spacial score (nSPS) is 33.6. The lowest BCUT2D eigenvalue weighted by Crippen LogP contribution is -2.43. The highest BCUT2D eigenvalue weighted by atomic mass is 16.5. The average Bonchev–Trinajstić information content (AvgIpc) is 2.54. The predicted octanol–water partition coefficient (Wildman–Crippen LogP) is 3.71. The highest BCUT2D eigenvalue weighted by Gasteiger charge is 2.39. The first-order valence-corrected chi connectivity index (χ1v) is 7.97.